The zero-order chi connectivity index (χ0) is 19.6. The Balaban J connectivity index is 1.68. The topological polar surface area (TPSA) is 65.6 Å². The molecular formula is C21H18ClN3O3. The van der Waals surface area contributed by atoms with E-state index < -0.39 is 5.54 Å². The Morgan fingerprint density at radius 1 is 1.18 bits per heavy atom. The maximum absolute atomic E-state index is 13.5. The summed E-state index contributed by atoms with van der Waals surface area (Å²) in [5.74, 6) is 0.482. The number of methoxy groups -OCH3 is 1. The van der Waals surface area contributed by atoms with E-state index in [9.17, 15) is 9.59 Å². The number of carbonyl (C=O) groups excluding carboxylic acids is 2. The summed E-state index contributed by atoms with van der Waals surface area (Å²) in [6.07, 6.45) is 0.667. The molecule has 5 rings (SSSR count). The van der Waals surface area contributed by atoms with Crippen molar-refractivity contribution in [2.45, 2.75) is 18.9 Å². The molecule has 1 saturated heterocycles. The Labute approximate surface area is 166 Å². The van der Waals surface area contributed by atoms with Gasteiger partial charge in [-0.2, -0.15) is 0 Å². The van der Waals surface area contributed by atoms with Crippen LogP contribution in [0.25, 0.3) is 10.9 Å². The summed E-state index contributed by atoms with van der Waals surface area (Å²) in [5.41, 5.74) is 2.15. The number of nitrogens with one attached hydrogen (secondary N) is 1. The summed E-state index contributed by atoms with van der Waals surface area (Å²) in [5, 5.41) is 1.50. The highest BCUT2D eigenvalue weighted by atomic mass is 35.5. The van der Waals surface area contributed by atoms with Crippen LogP contribution < -0.4 is 9.64 Å². The molecule has 0 spiro atoms. The third-order valence-corrected chi connectivity index (χ3v) is 6.07. The normalized spacial score (nSPS) is 21.2. The van der Waals surface area contributed by atoms with Crippen molar-refractivity contribution in [3.63, 3.8) is 0 Å². The summed E-state index contributed by atoms with van der Waals surface area (Å²) < 4.78 is 5.35. The van der Waals surface area contributed by atoms with Crippen LogP contribution in [0.3, 0.4) is 0 Å². The lowest BCUT2D eigenvalue weighted by Crippen LogP contribution is -2.49. The van der Waals surface area contributed by atoms with Crippen molar-refractivity contribution in [1.82, 2.24) is 9.88 Å². The Bertz CT molecular complexity index is 1160. The van der Waals surface area contributed by atoms with Gasteiger partial charge in [-0.05, 0) is 55.3 Å². The average Bonchev–Trinajstić information content (AvgIpc) is 3.15. The maximum atomic E-state index is 13.5. The van der Waals surface area contributed by atoms with Crippen molar-refractivity contribution < 1.29 is 14.3 Å². The molecule has 28 heavy (non-hydrogen) atoms. The highest BCUT2D eigenvalue weighted by Gasteiger charge is 2.59. The zero-order valence-electron chi connectivity index (χ0n) is 15.5. The van der Waals surface area contributed by atoms with Gasteiger partial charge in [0.15, 0.2) is 5.54 Å². The average molecular weight is 396 g/mol. The van der Waals surface area contributed by atoms with Gasteiger partial charge in [0.2, 0.25) is 0 Å². The number of H-pyrrole nitrogens is 1. The first-order valence-corrected chi connectivity index (χ1v) is 9.43. The highest BCUT2D eigenvalue weighted by Crippen LogP contribution is 2.45. The molecule has 7 heteroatoms. The molecule has 0 bridgehead atoms. The van der Waals surface area contributed by atoms with Gasteiger partial charge < -0.3 is 14.6 Å². The zero-order valence-corrected chi connectivity index (χ0v) is 16.2. The number of rotatable bonds is 2. The van der Waals surface area contributed by atoms with Crippen LogP contribution >= 0.6 is 11.6 Å². The van der Waals surface area contributed by atoms with Crippen LogP contribution in [-0.2, 0) is 16.8 Å². The van der Waals surface area contributed by atoms with Crippen molar-refractivity contribution in [2.75, 3.05) is 18.6 Å². The Morgan fingerprint density at radius 2 is 2.00 bits per heavy atom. The van der Waals surface area contributed by atoms with Gasteiger partial charge in [-0.1, -0.05) is 17.7 Å². The molecule has 0 radical (unpaired) electrons. The first-order valence-electron chi connectivity index (χ1n) is 9.06. The molecule has 3 aromatic rings. The van der Waals surface area contributed by atoms with Crippen LogP contribution in [0.4, 0.5) is 10.5 Å². The molecule has 3 amide bonds. The van der Waals surface area contributed by atoms with Crippen LogP contribution in [0.1, 0.15) is 18.2 Å². The van der Waals surface area contributed by atoms with E-state index in [1.807, 2.05) is 25.1 Å². The number of amides is 3. The summed E-state index contributed by atoms with van der Waals surface area (Å²) in [4.78, 5) is 32.9. The van der Waals surface area contributed by atoms with Gasteiger partial charge in [0.1, 0.15) is 5.75 Å². The van der Waals surface area contributed by atoms with Gasteiger partial charge in [-0.15, -0.1) is 0 Å². The number of anilines is 1. The van der Waals surface area contributed by atoms with Crippen LogP contribution in [0.15, 0.2) is 42.5 Å². The van der Waals surface area contributed by atoms with Gasteiger partial charge in [-0.25, -0.2) is 9.69 Å². The predicted octanol–water partition coefficient (Wildman–Crippen LogP) is 4.07. The number of aromatic nitrogens is 1. The number of nitrogens with zero attached hydrogens (tertiary/aromatic N) is 2. The summed E-state index contributed by atoms with van der Waals surface area (Å²) >= 11 is 6.09. The fourth-order valence-electron chi connectivity index (χ4n) is 4.39. The van der Waals surface area contributed by atoms with Crippen molar-refractivity contribution in [3.8, 4) is 5.75 Å². The molecule has 3 heterocycles. The molecular weight excluding hydrogens is 378 g/mol. The summed E-state index contributed by atoms with van der Waals surface area (Å²) in [6.45, 7) is 2.28. The van der Waals surface area contributed by atoms with Crippen LogP contribution in [-0.4, -0.2) is 35.5 Å². The second-order valence-electron chi connectivity index (χ2n) is 7.27. The molecule has 6 nitrogen and oxygen atoms in total. The Kier molecular flexibility index (Phi) is 3.52. The SMILES string of the molecule is COc1ccc2[nH]c3c(c2c1)CCN1C(=O)N(c2cccc(Cl)c2)C(=O)C31C. The number of aromatic amines is 1. The number of urea groups is 1. The molecule has 1 atom stereocenters. The molecule has 1 fully saturated rings. The Morgan fingerprint density at radius 3 is 2.75 bits per heavy atom. The van der Waals surface area contributed by atoms with E-state index in [1.54, 1.807) is 36.3 Å². The molecule has 0 aliphatic carbocycles. The van der Waals surface area contributed by atoms with E-state index in [2.05, 4.69) is 4.98 Å². The third kappa shape index (κ3) is 2.09. The molecule has 1 aromatic heterocycles. The van der Waals surface area contributed by atoms with E-state index in [0.29, 0.717) is 23.7 Å². The van der Waals surface area contributed by atoms with Gasteiger partial charge in [-0.3, -0.25) is 4.79 Å². The van der Waals surface area contributed by atoms with Gasteiger partial charge in [0.25, 0.3) is 5.91 Å². The molecule has 1 N–H and O–H groups in total. The number of carbonyl (C=O) groups is 2. The number of halogens is 1. The van der Waals surface area contributed by atoms with Gasteiger partial charge in [0.05, 0.1) is 18.5 Å². The van der Waals surface area contributed by atoms with Crippen molar-refractivity contribution >= 4 is 40.1 Å². The molecule has 2 aliphatic rings. The summed E-state index contributed by atoms with van der Waals surface area (Å²) in [7, 11) is 1.63. The minimum Gasteiger partial charge on any atom is -0.497 e. The van der Waals surface area contributed by atoms with Crippen molar-refractivity contribution in [3.05, 3.63) is 58.7 Å². The van der Waals surface area contributed by atoms with Gasteiger partial charge >= 0.3 is 6.03 Å². The fraction of sp³-hybridized carbons (Fsp3) is 0.238. The number of imide groups is 1. The quantitative estimate of drug-likeness (QED) is 0.665. The highest BCUT2D eigenvalue weighted by molar-refractivity contribution is 6.31. The lowest BCUT2D eigenvalue weighted by Gasteiger charge is -2.35. The molecule has 1 unspecified atom stereocenters. The first kappa shape index (κ1) is 17.1. The predicted molar refractivity (Wildman–Crippen MR) is 107 cm³/mol. The first-order chi connectivity index (χ1) is 13.4. The van der Waals surface area contributed by atoms with Crippen molar-refractivity contribution in [2.24, 2.45) is 0 Å². The van der Waals surface area contributed by atoms with E-state index >= 15 is 0 Å². The maximum Gasteiger partial charge on any atom is 0.332 e. The van der Waals surface area contributed by atoms with Crippen LogP contribution in [0.5, 0.6) is 5.75 Å². The Hall–Kier alpha value is -2.99. The number of hydrogen-bond acceptors (Lipinski definition) is 3. The van der Waals surface area contributed by atoms with E-state index in [1.165, 1.54) is 4.90 Å². The number of hydrogen-bond donors (Lipinski definition) is 1. The fourth-order valence-corrected chi connectivity index (χ4v) is 4.57. The van der Waals surface area contributed by atoms with E-state index in [0.717, 1.165) is 27.9 Å². The number of benzene rings is 2. The number of fused-ring (bicyclic) bond motifs is 5. The van der Waals surface area contributed by atoms with E-state index in [4.69, 9.17) is 16.3 Å². The largest absolute Gasteiger partial charge is 0.497 e. The molecule has 2 aromatic carbocycles. The molecule has 2 aliphatic heterocycles. The molecule has 142 valence electrons. The standard InChI is InChI=1S/C21H18ClN3O3/c1-21-18-15(16-11-14(28-2)6-7-17(16)23-18)8-9-24(21)20(27)25(19(21)26)13-5-3-4-12(22)10-13/h3-7,10-11,23H,8-9H2,1-2H3. The smallest absolute Gasteiger partial charge is 0.332 e. The monoisotopic (exact) mass is 395 g/mol. The van der Waals surface area contributed by atoms with E-state index in [-0.39, 0.29) is 11.9 Å². The second-order valence-corrected chi connectivity index (χ2v) is 7.70. The lowest BCUT2D eigenvalue weighted by molar-refractivity contribution is -0.125. The van der Waals surface area contributed by atoms with Crippen LogP contribution in [0.2, 0.25) is 5.02 Å². The minimum absolute atomic E-state index is 0.278. The van der Waals surface area contributed by atoms with Crippen molar-refractivity contribution in [1.29, 1.82) is 0 Å². The van der Waals surface area contributed by atoms with Gasteiger partial charge in [0, 0.05) is 22.5 Å². The molecule has 0 saturated carbocycles. The number of ether oxygens (including phenoxy) is 1. The van der Waals surface area contributed by atoms with Crippen LogP contribution in [0, 0.1) is 0 Å². The minimum atomic E-state index is -1.08. The lowest BCUT2D eigenvalue weighted by atomic mass is 9.87. The third-order valence-electron chi connectivity index (χ3n) is 5.83. The summed E-state index contributed by atoms with van der Waals surface area (Å²) in [6, 6.07) is 12.3. The second kappa shape index (κ2) is 5.75.